The zero-order chi connectivity index (χ0) is 45.1. The lowest BCUT2D eigenvalue weighted by atomic mass is 10.0. The summed E-state index contributed by atoms with van der Waals surface area (Å²) in [7, 11) is 0. The molecule has 6 nitrogen and oxygen atoms in total. The number of unbranched alkanes of at least 4 members (excludes halogenated alkanes) is 38. The first-order chi connectivity index (χ1) is 30.5. The second-order valence-electron chi connectivity index (χ2n) is 18.9. The van der Waals surface area contributed by atoms with Crippen LogP contribution in [0.2, 0.25) is 0 Å². The zero-order valence-electron chi connectivity index (χ0n) is 41.9. The van der Waals surface area contributed by atoms with E-state index >= 15 is 0 Å². The minimum atomic E-state index is -0.765. The largest absolute Gasteiger partial charge is 0.462 e. The summed E-state index contributed by atoms with van der Waals surface area (Å²) < 4.78 is 16.8. The van der Waals surface area contributed by atoms with E-state index in [4.69, 9.17) is 14.2 Å². The fourth-order valence-corrected chi connectivity index (χ4v) is 8.32. The molecule has 1 atom stereocenters. The Morgan fingerprint density at radius 1 is 0.306 bits per heavy atom. The molecule has 0 fully saturated rings. The molecular weight excluding hydrogens is 769 g/mol. The second kappa shape index (κ2) is 51.8. The first-order valence-corrected chi connectivity index (χ1v) is 27.7. The van der Waals surface area contributed by atoms with Gasteiger partial charge in [-0.05, 0) is 44.9 Å². The van der Waals surface area contributed by atoms with E-state index in [-0.39, 0.29) is 31.1 Å². The van der Waals surface area contributed by atoms with E-state index in [0.717, 1.165) is 57.8 Å². The molecule has 0 bridgehead atoms. The highest BCUT2D eigenvalue weighted by Gasteiger charge is 2.19. The summed E-state index contributed by atoms with van der Waals surface area (Å²) in [6, 6.07) is 0. The molecule has 0 amide bonds. The maximum atomic E-state index is 12.8. The average Bonchev–Trinajstić information content (AvgIpc) is 3.27. The summed E-state index contributed by atoms with van der Waals surface area (Å²) in [6.07, 6.45) is 57.7. The Balaban J connectivity index is 4.27. The number of ether oxygens (including phenoxy) is 3. The zero-order valence-corrected chi connectivity index (χ0v) is 41.9. The van der Waals surface area contributed by atoms with Gasteiger partial charge >= 0.3 is 17.9 Å². The van der Waals surface area contributed by atoms with Gasteiger partial charge in [-0.1, -0.05) is 258 Å². The van der Waals surface area contributed by atoms with Crippen LogP contribution in [0.15, 0.2) is 12.2 Å². The van der Waals surface area contributed by atoms with E-state index in [2.05, 4.69) is 32.9 Å². The summed E-state index contributed by atoms with van der Waals surface area (Å²) in [5.74, 6) is -0.851. The van der Waals surface area contributed by atoms with E-state index in [1.165, 1.54) is 212 Å². The average molecular weight is 875 g/mol. The topological polar surface area (TPSA) is 78.9 Å². The molecule has 0 aliphatic rings. The Morgan fingerprint density at radius 2 is 0.532 bits per heavy atom. The third-order valence-electron chi connectivity index (χ3n) is 12.5. The van der Waals surface area contributed by atoms with E-state index in [1.807, 2.05) is 0 Å². The molecule has 0 aromatic heterocycles. The van der Waals surface area contributed by atoms with Gasteiger partial charge in [-0.3, -0.25) is 14.4 Å². The molecule has 0 spiro atoms. The molecule has 0 N–H and O–H groups in total. The number of carbonyl (C=O) groups is 3. The van der Waals surface area contributed by atoms with Crippen molar-refractivity contribution in [3.63, 3.8) is 0 Å². The van der Waals surface area contributed by atoms with Crippen LogP contribution >= 0.6 is 0 Å². The van der Waals surface area contributed by atoms with E-state index in [0.29, 0.717) is 19.3 Å². The molecule has 62 heavy (non-hydrogen) atoms. The van der Waals surface area contributed by atoms with Crippen LogP contribution in [0.25, 0.3) is 0 Å². The monoisotopic (exact) mass is 875 g/mol. The van der Waals surface area contributed by atoms with Crippen LogP contribution in [0.5, 0.6) is 0 Å². The highest BCUT2D eigenvalue weighted by Crippen LogP contribution is 2.17. The Kier molecular flexibility index (Phi) is 50.2. The van der Waals surface area contributed by atoms with Crippen molar-refractivity contribution in [3.8, 4) is 0 Å². The summed E-state index contributed by atoms with van der Waals surface area (Å²) in [5, 5.41) is 0. The van der Waals surface area contributed by atoms with Crippen molar-refractivity contribution < 1.29 is 28.6 Å². The van der Waals surface area contributed by atoms with Gasteiger partial charge in [0.05, 0.1) is 0 Å². The summed E-state index contributed by atoms with van der Waals surface area (Å²) in [5.41, 5.74) is 0. The van der Waals surface area contributed by atoms with Crippen molar-refractivity contribution in [1.82, 2.24) is 0 Å². The van der Waals surface area contributed by atoms with Gasteiger partial charge in [0, 0.05) is 19.3 Å². The molecule has 0 aliphatic heterocycles. The predicted octanol–water partition coefficient (Wildman–Crippen LogP) is 18.2. The third kappa shape index (κ3) is 49.2. The molecule has 0 aromatic rings. The van der Waals surface area contributed by atoms with Crippen LogP contribution in [0.3, 0.4) is 0 Å². The number of carbonyl (C=O) groups excluding carboxylic acids is 3. The minimum Gasteiger partial charge on any atom is -0.462 e. The summed E-state index contributed by atoms with van der Waals surface area (Å²) >= 11 is 0. The van der Waals surface area contributed by atoms with Gasteiger partial charge in [0.1, 0.15) is 13.2 Å². The molecule has 0 unspecified atom stereocenters. The van der Waals surface area contributed by atoms with Crippen molar-refractivity contribution in [2.75, 3.05) is 13.2 Å². The second-order valence-corrected chi connectivity index (χ2v) is 18.9. The van der Waals surface area contributed by atoms with Crippen molar-refractivity contribution in [3.05, 3.63) is 12.2 Å². The number of hydrogen-bond acceptors (Lipinski definition) is 6. The number of allylic oxidation sites excluding steroid dienone is 2. The van der Waals surface area contributed by atoms with Crippen LogP contribution in [0, 0.1) is 0 Å². The maximum Gasteiger partial charge on any atom is 0.306 e. The van der Waals surface area contributed by atoms with Gasteiger partial charge in [-0.25, -0.2) is 0 Å². The lowest BCUT2D eigenvalue weighted by Gasteiger charge is -2.18. The Bertz CT molecular complexity index is 962. The Hall–Kier alpha value is -1.85. The fourth-order valence-electron chi connectivity index (χ4n) is 8.32. The van der Waals surface area contributed by atoms with Crippen LogP contribution in [0.4, 0.5) is 0 Å². The molecule has 0 aromatic carbocycles. The van der Waals surface area contributed by atoms with Gasteiger partial charge in [-0.2, -0.15) is 0 Å². The number of esters is 3. The predicted molar refractivity (Wildman–Crippen MR) is 266 cm³/mol. The van der Waals surface area contributed by atoms with Gasteiger partial charge in [0.25, 0.3) is 0 Å². The summed E-state index contributed by atoms with van der Waals surface area (Å²) in [4.78, 5) is 38.0. The SMILES string of the molecule is CCCCCCCC/C=C\CCCCCCCCCC(=O)OC[C@@H](COC(=O)CCCCCCCCCCCC)OC(=O)CCCCCCCCCCCCCCCCCCC. The van der Waals surface area contributed by atoms with Crippen molar-refractivity contribution in [1.29, 1.82) is 0 Å². The van der Waals surface area contributed by atoms with Crippen LogP contribution in [0.1, 0.15) is 310 Å². The normalized spacial score (nSPS) is 12.0. The third-order valence-corrected chi connectivity index (χ3v) is 12.5. The van der Waals surface area contributed by atoms with Gasteiger partial charge < -0.3 is 14.2 Å². The standard InChI is InChI=1S/C56H106O6/c1-4-7-10-13-16-19-22-24-26-28-30-32-34-37-40-43-46-49-55(58)61-52-53(51-60-54(57)48-45-42-39-36-21-18-15-12-9-6-3)62-56(59)50-47-44-41-38-35-33-31-29-27-25-23-20-17-14-11-8-5-2/h24,26,53H,4-23,25,27-52H2,1-3H3/b26-24-/t53-/m1/s1. The molecule has 0 radical (unpaired) electrons. The van der Waals surface area contributed by atoms with E-state index in [9.17, 15) is 14.4 Å². The maximum absolute atomic E-state index is 12.8. The quantitative estimate of drug-likeness (QED) is 0.0262. The van der Waals surface area contributed by atoms with Gasteiger partial charge in [-0.15, -0.1) is 0 Å². The lowest BCUT2D eigenvalue weighted by Crippen LogP contribution is -2.30. The molecule has 0 rings (SSSR count). The molecule has 0 saturated carbocycles. The number of rotatable bonds is 51. The van der Waals surface area contributed by atoms with Crippen LogP contribution in [-0.4, -0.2) is 37.2 Å². The van der Waals surface area contributed by atoms with Crippen LogP contribution in [-0.2, 0) is 28.6 Å². The highest BCUT2D eigenvalue weighted by molar-refractivity contribution is 5.71. The Labute approximate surface area is 386 Å². The molecule has 0 saturated heterocycles. The highest BCUT2D eigenvalue weighted by atomic mass is 16.6. The van der Waals surface area contributed by atoms with Gasteiger partial charge in [0.15, 0.2) is 6.10 Å². The van der Waals surface area contributed by atoms with Gasteiger partial charge in [0.2, 0.25) is 0 Å². The fraction of sp³-hybridized carbons (Fsp3) is 0.911. The smallest absolute Gasteiger partial charge is 0.306 e. The molecule has 0 heterocycles. The minimum absolute atomic E-state index is 0.0659. The molecule has 6 heteroatoms. The lowest BCUT2D eigenvalue weighted by molar-refractivity contribution is -0.167. The molecule has 0 aliphatic carbocycles. The summed E-state index contributed by atoms with van der Waals surface area (Å²) in [6.45, 7) is 6.67. The van der Waals surface area contributed by atoms with Crippen molar-refractivity contribution >= 4 is 17.9 Å². The molecular formula is C56H106O6. The van der Waals surface area contributed by atoms with E-state index in [1.54, 1.807) is 0 Å². The molecule has 366 valence electrons. The van der Waals surface area contributed by atoms with Crippen LogP contribution < -0.4 is 0 Å². The Morgan fingerprint density at radius 3 is 0.806 bits per heavy atom. The van der Waals surface area contributed by atoms with Crippen molar-refractivity contribution in [2.24, 2.45) is 0 Å². The number of hydrogen-bond donors (Lipinski definition) is 0. The van der Waals surface area contributed by atoms with Crippen molar-refractivity contribution in [2.45, 2.75) is 316 Å². The first kappa shape index (κ1) is 60.2. The first-order valence-electron chi connectivity index (χ1n) is 27.7. The van der Waals surface area contributed by atoms with E-state index < -0.39 is 6.10 Å².